The molecule has 0 aromatic carbocycles. The second-order valence-corrected chi connectivity index (χ2v) is 4.03. The first-order valence-corrected chi connectivity index (χ1v) is 5.00. The Hall–Kier alpha value is -1.36. The van der Waals surface area contributed by atoms with E-state index in [1.807, 2.05) is 21.0 Å². The van der Waals surface area contributed by atoms with Crippen LogP contribution in [0.3, 0.4) is 0 Å². The highest BCUT2D eigenvalue weighted by Crippen LogP contribution is 2.09. The molecule has 0 fully saturated rings. The van der Waals surface area contributed by atoms with E-state index in [-0.39, 0.29) is 0 Å². The first-order valence-electron chi connectivity index (χ1n) is 5.00. The number of aryl methyl sites for hydroxylation is 1. The fourth-order valence-corrected chi connectivity index (χ4v) is 1.51. The zero-order chi connectivity index (χ0) is 11.4. The van der Waals surface area contributed by atoms with E-state index in [4.69, 9.17) is 5.73 Å². The Morgan fingerprint density at radius 3 is 2.67 bits per heavy atom. The normalized spacial score (nSPS) is 12.9. The van der Waals surface area contributed by atoms with Crippen molar-refractivity contribution in [2.75, 3.05) is 31.7 Å². The van der Waals surface area contributed by atoms with Crippen LogP contribution in [0.1, 0.15) is 12.7 Å². The second-order valence-electron chi connectivity index (χ2n) is 4.03. The molecule has 1 atom stereocenters. The van der Waals surface area contributed by atoms with Crippen LogP contribution in [0.2, 0.25) is 0 Å². The van der Waals surface area contributed by atoms with Gasteiger partial charge in [-0.15, -0.1) is 0 Å². The molecule has 0 amide bonds. The Bertz CT molecular complexity index is 303. The summed E-state index contributed by atoms with van der Waals surface area (Å²) < 4.78 is 0. The lowest BCUT2D eigenvalue weighted by Crippen LogP contribution is -2.30. The molecule has 0 saturated carbocycles. The molecule has 1 aromatic rings. The molecule has 15 heavy (non-hydrogen) atoms. The predicted octanol–water partition coefficient (Wildman–Crippen LogP) is 0.729. The monoisotopic (exact) mass is 209 g/mol. The van der Waals surface area contributed by atoms with Crippen molar-refractivity contribution in [3.8, 4) is 0 Å². The van der Waals surface area contributed by atoms with Crippen molar-refractivity contribution in [3.63, 3.8) is 0 Å². The number of rotatable bonds is 4. The topological polar surface area (TPSA) is 67.1 Å². The molecule has 0 radical (unpaired) electrons. The quantitative estimate of drug-likeness (QED) is 0.765. The first kappa shape index (κ1) is 11.7. The average molecular weight is 209 g/mol. The lowest BCUT2D eigenvalue weighted by atomic mass is 10.3. The fraction of sp³-hybridized carbons (Fsp3) is 0.600. The minimum absolute atomic E-state index is 0.327. The summed E-state index contributed by atoms with van der Waals surface area (Å²) in [5.41, 5.74) is 5.63. The van der Waals surface area contributed by atoms with E-state index in [2.05, 4.69) is 27.1 Å². The Balaban J connectivity index is 2.63. The molecule has 5 heteroatoms. The van der Waals surface area contributed by atoms with E-state index >= 15 is 0 Å². The summed E-state index contributed by atoms with van der Waals surface area (Å²) in [6, 6.07) is 2.08. The standard InChI is InChI=1S/C10H19N5/c1-7(6-15(3)4)12-10-5-9(11)13-8(2)14-10/h5,7H,6H2,1-4H3,(H3,11,12,13,14). The van der Waals surface area contributed by atoms with Gasteiger partial charge in [0.25, 0.3) is 0 Å². The summed E-state index contributed by atoms with van der Waals surface area (Å²) in [5.74, 6) is 1.98. The van der Waals surface area contributed by atoms with E-state index in [1.54, 1.807) is 6.07 Å². The molecule has 0 aliphatic rings. The van der Waals surface area contributed by atoms with Gasteiger partial charge in [-0.1, -0.05) is 0 Å². The second kappa shape index (κ2) is 4.93. The van der Waals surface area contributed by atoms with Crippen LogP contribution in [0.5, 0.6) is 0 Å². The predicted molar refractivity (Wildman–Crippen MR) is 62.8 cm³/mol. The summed E-state index contributed by atoms with van der Waals surface area (Å²) in [6.45, 7) is 4.88. The van der Waals surface area contributed by atoms with E-state index in [9.17, 15) is 0 Å². The largest absolute Gasteiger partial charge is 0.384 e. The van der Waals surface area contributed by atoms with Gasteiger partial charge in [-0.05, 0) is 27.9 Å². The molecule has 0 aliphatic carbocycles. The van der Waals surface area contributed by atoms with Crippen LogP contribution in [-0.2, 0) is 0 Å². The fourth-order valence-electron chi connectivity index (χ4n) is 1.51. The highest BCUT2D eigenvalue weighted by atomic mass is 15.1. The molecule has 1 rings (SSSR count). The number of likely N-dealkylation sites (N-methyl/N-ethyl adjacent to an activating group) is 1. The van der Waals surface area contributed by atoms with Crippen LogP contribution in [0.15, 0.2) is 6.07 Å². The lowest BCUT2D eigenvalue weighted by molar-refractivity contribution is 0.392. The Kier molecular flexibility index (Phi) is 3.85. The van der Waals surface area contributed by atoms with Crippen molar-refractivity contribution in [2.24, 2.45) is 0 Å². The maximum absolute atomic E-state index is 5.63. The number of nitrogens with zero attached hydrogens (tertiary/aromatic N) is 3. The number of anilines is 2. The summed E-state index contributed by atoms with van der Waals surface area (Å²) in [6.07, 6.45) is 0. The molecular formula is C10H19N5. The zero-order valence-corrected chi connectivity index (χ0v) is 9.78. The van der Waals surface area contributed by atoms with E-state index < -0.39 is 0 Å². The maximum Gasteiger partial charge on any atom is 0.132 e. The van der Waals surface area contributed by atoms with Crippen LogP contribution in [0.4, 0.5) is 11.6 Å². The Labute approximate surface area is 90.7 Å². The molecule has 1 unspecified atom stereocenters. The van der Waals surface area contributed by atoms with E-state index in [0.29, 0.717) is 17.7 Å². The van der Waals surface area contributed by atoms with Crippen LogP contribution < -0.4 is 11.1 Å². The molecule has 1 aromatic heterocycles. The molecule has 84 valence electrons. The van der Waals surface area contributed by atoms with Crippen molar-refractivity contribution in [3.05, 3.63) is 11.9 Å². The van der Waals surface area contributed by atoms with Gasteiger partial charge < -0.3 is 16.0 Å². The molecule has 0 bridgehead atoms. The van der Waals surface area contributed by atoms with Crippen molar-refractivity contribution in [2.45, 2.75) is 19.9 Å². The number of aromatic nitrogens is 2. The van der Waals surface area contributed by atoms with Crippen molar-refractivity contribution in [1.29, 1.82) is 0 Å². The molecule has 5 nitrogen and oxygen atoms in total. The summed E-state index contributed by atoms with van der Waals surface area (Å²) in [7, 11) is 4.08. The lowest BCUT2D eigenvalue weighted by Gasteiger charge is -2.18. The van der Waals surface area contributed by atoms with Gasteiger partial charge in [-0.3, -0.25) is 0 Å². The number of hydrogen-bond acceptors (Lipinski definition) is 5. The highest BCUT2D eigenvalue weighted by Gasteiger charge is 2.05. The smallest absolute Gasteiger partial charge is 0.132 e. The van der Waals surface area contributed by atoms with Gasteiger partial charge >= 0.3 is 0 Å². The number of hydrogen-bond donors (Lipinski definition) is 2. The van der Waals surface area contributed by atoms with Gasteiger partial charge in [0.05, 0.1) is 0 Å². The average Bonchev–Trinajstić information content (AvgIpc) is 1.98. The minimum Gasteiger partial charge on any atom is -0.384 e. The molecule has 0 spiro atoms. The third kappa shape index (κ3) is 4.12. The molecule has 0 aliphatic heterocycles. The summed E-state index contributed by atoms with van der Waals surface area (Å²) >= 11 is 0. The van der Waals surface area contributed by atoms with Crippen molar-refractivity contribution < 1.29 is 0 Å². The zero-order valence-electron chi connectivity index (χ0n) is 9.78. The molecule has 3 N–H and O–H groups in total. The maximum atomic E-state index is 5.63. The third-order valence-corrected chi connectivity index (χ3v) is 1.89. The SMILES string of the molecule is Cc1nc(N)cc(NC(C)CN(C)C)n1. The number of nitrogen functional groups attached to an aromatic ring is 1. The van der Waals surface area contributed by atoms with Gasteiger partial charge in [0.15, 0.2) is 0 Å². The van der Waals surface area contributed by atoms with Crippen LogP contribution in [0.25, 0.3) is 0 Å². The minimum atomic E-state index is 0.327. The van der Waals surface area contributed by atoms with Gasteiger partial charge in [0.2, 0.25) is 0 Å². The molecular weight excluding hydrogens is 190 g/mol. The Morgan fingerprint density at radius 2 is 2.13 bits per heavy atom. The van der Waals surface area contributed by atoms with Crippen LogP contribution >= 0.6 is 0 Å². The molecule has 0 saturated heterocycles. The van der Waals surface area contributed by atoms with Gasteiger partial charge in [-0.25, -0.2) is 9.97 Å². The van der Waals surface area contributed by atoms with Gasteiger partial charge in [0.1, 0.15) is 17.5 Å². The van der Waals surface area contributed by atoms with Crippen molar-refractivity contribution in [1.82, 2.24) is 14.9 Å². The first-order chi connectivity index (χ1) is 6.97. The summed E-state index contributed by atoms with van der Waals surface area (Å²) in [5, 5.41) is 3.28. The van der Waals surface area contributed by atoms with Gasteiger partial charge in [0, 0.05) is 18.7 Å². The van der Waals surface area contributed by atoms with Crippen LogP contribution in [-0.4, -0.2) is 41.5 Å². The van der Waals surface area contributed by atoms with E-state index in [0.717, 1.165) is 12.4 Å². The summed E-state index contributed by atoms with van der Waals surface area (Å²) in [4.78, 5) is 10.4. The Morgan fingerprint density at radius 1 is 1.47 bits per heavy atom. The third-order valence-electron chi connectivity index (χ3n) is 1.89. The van der Waals surface area contributed by atoms with E-state index in [1.165, 1.54) is 0 Å². The van der Waals surface area contributed by atoms with Crippen molar-refractivity contribution >= 4 is 11.6 Å². The van der Waals surface area contributed by atoms with Crippen LogP contribution in [0, 0.1) is 6.92 Å². The van der Waals surface area contributed by atoms with Gasteiger partial charge in [-0.2, -0.15) is 0 Å². The highest BCUT2D eigenvalue weighted by molar-refractivity contribution is 5.45. The number of nitrogens with one attached hydrogen (secondary N) is 1. The number of nitrogens with two attached hydrogens (primary N) is 1. The molecule has 1 heterocycles.